The van der Waals surface area contributed by atoms with Crippen LogP contribution in [0.3, 0.4) is 0 Å². The van der Waals surface area contributed by atoms with Gasteiger partial charge in [-0.2, -0.15) is 0 Å². The van der Waals surface area contributed by atoms with Crippen molar-refractivity contribution in [3.63, 3.8) is 0 Å². The van der Waals surface area contributed by atoms with Gasteiger partial charge in [-0.05, 0) is 57.0 Å². The average Bonchev–Trinajstić information content (AvgIpc) is 3.64. The highest BCUT2D eigenvalue weighted by molar-refractivity contribution is 6.99. The van der Waals surface area contributed by atoms with Gasteiger partial charge in [-0.25, -0.2) is 0 Å². The first-order valence-corrected chi connectivity index (χ1v) is 18.3. The lowest BCUT2D eigenvalue weighted by molar-refractivity contribution is -0.203. The van der Waals surface area contributed by atoms with Crippen molar-refractivity contribution in [2.75, 3.05) is 13.7 Å². The van der Waals surface area contributed by atoms with E-state index in [1.807, 2.05) is 0 Å². The van der Waals surface area contributed by atoms with E-state index in [1.165, 1.54) is 28.8 Å². The molecular weight excluding hydrogens is 552 g/mol. The molecule has 0 bridgehead atoms. The molecule has 0 spiro atoms. The van der Waals surface area contributed by atoms with Gasteiger partial charge in [0.1, 0.15) is 0 Å². The largest absolute Gasteiger partial charge is 0.405 e. The molecule has 6 rings (SSSR count). The molecule has 2 aliphatic heterocycles. The monoisotopic (exact) mass is 604 g/mol. The summed E-state index contributed by atoms with van der Waals surface area (Å²) in [5, 5.41) is 14.8. The van der Waals surface area contributed by atoms with E-state index >= 15 is 0 Å². The minimum absolute atomic E-state index is 0.00275. The molecule has 0 radical (unpaired) electrons. The maximum Gasteiger partial charge on any atom is 0.261 e. The highest BCUT2D eigenvalue weighted by Gasteiger charge is 2.59. The van der Waals surface area contributed by atoms with Crippen LogP contribution in [0.1, 0.15) is 73.6 Å². The molecule has 3 fully saturated rings. The second-order valence-corrected chi connectivity index (χ2v) is 19.8. The van der Waals surface area contributed by atoms with Crippen molar-refractivity contribution in [3.8, 4) is 0 Å². The summed E-state index contributed by atoms with van der Waals surface area (Å²) in [5.74, 6) is 0.470. The van der Waals surface area contributed by atoms with Crippen LogP contribution in [0.4, 0.5) is 0 Å². The maximum absolute atomic E-state index is 12.4. The van der Waals surface area contributed by atoms with Crippen LogP contribution >= 0.6 is 0 Å². The summed E-state index contributed by atoms with van der Waals surface area (Å²) in [6.07, 6.45) is 6.12. The van der Waals surface area contributed by atoms with E-state index in [-0.39, 0.29) is 40.1 Å². The van der Waals surface area contributed by atoms with Crippen molar-refractivity contribution in [1.29, 1.82) is 0 Å². The lowest BCUT2D eigenvalue weighted by Gasteiger charge is -2.50. The molecule has 6 heteroatoms. The Labute approximate surface area is 260 Å². The van der Waals surface area contributed by atoms with E-state index in [0.29, 0.717) is 12.5 Å². The lowest BCUT2D eigenvalue weighted by atomic mass is 9.55. The second kappa shape index (κ2) is 11.5. The van der Waals surface area contributed by atoms with Crippen LogP contribution in [0.5, 0.6) is 0 Å². The van der Waals surface area contributed by atoms with E-state index in [9.17, 15) is 5.11 Å². The summed E-state index contributed by atoms with van der Waals surface area (Å²) in [7, 11) is -1.08. The zero-order valence-corrected chi connectivity index (χ0v) is 28.2. The fraction of sp³-hybridized carbons (Fsp3) is 0.622. The Morgan fingerprint density at radius 3 is 2.16 bits per heavy atom. The van der Waals surface area contributed by atoms with Gasteiger partial charge in [0.05, 0.1) is 18.8 Å². The van der Waals surface area contributed by atoms with Gasteiger partial charge >= 0.3 is 0 Å². The Morgan fingerprint density at radius 2 is 1.58 bits per heavy atom. The van der Waals surface area contributed by atoms with Gasteiger partial charge in [0.25, 0.3) is 8.32 Å². The van der Waals surface area contributed by atoms with Crippen molar-refractivity contribution in [1.82, 2.24) is 0 Å². The molecule has 2 heterocycles. The standard InChI is InChI=1S/C37H52O5Si/c1-35(2,3)43(25-15-10-8-11-16-25,26-17-12-9-13-18-26)40-24-29-32(27-23-31(39-7)42-34(27)41-29)33(38)28-19-20-30-36(4,5)21-14-22-37(28,30)6/h8-13,15-19,27,29-34,38H,14,20-24H2,1-7H3/t27-,29-,30+,31-,32+,33?,34-,37-/m1/s1. The van der Waals surface area contributed by atoms with Crippen LogP contribution in [0.15, 0.2) is 72.3 Å². The number of methoxy groups -OCH3 is 1. The quantitative estimate of drug-likeness (QED) is 0.278. The Hall–Kier alpha value is -1.80. The van der Waals surface area contributed by atoms with Crippen molar-refractivity contribution < 1.29 is 23.7 Å². The number of hydrogen-bond donors (Lipinski definition) is 1. The van der Waals surface area contributed by atoms with Crippen LogP contribution in [-0.4, -0.2) is 51.9 Å². The molecule has 5 nitrogen and oxygen atoms in total. The molecule has 2 aliphatic carbocycles. The van der Waals surface area contributed by atoms with Gasteiger partial charge in [0.15, 0.2) is 12.6 Å². The summed E-state index contributed by atoms with van der Waals surface area (Å²) in [6.45, 7) is 14.6. The number of ether oxygens (including phenoxy) is 3. The SMILES string of the molecule is CO[C@H]1C[C@H]2[C@@H](O1)O[C@H](CO[Si](c1ccccc1)(c1ccccc1)C(C)(C)C)[C@H]2C(O)C1=CC[C@H]2C(C)(C)CCC[C@]12C. The molecule has 8 atom stereocenters. The summed E-state index contributed by atoms with van der Waals surface area (Å²) in [6, 6.07) is 21.5. The predicted octanol–water partition coefficient (Wildman–Crippen LogP) is 6.44. The third-order valence-electron chi connectivity index (χ3n) is 11.6. The fourth-order valence-electron chi connectivity index (χ4n) is 9.55. The van der Waals surface area contributed by atoms with Gasteiger partial charge < -0.3 is 23.7 Å². The van der Waals surface area contributed by atoms with Crippen molar-refractivity contribution >= 4 is 18.7 Å². The van der Waals surface area contributed by atoms with Crippen molar-refractivity contribution in [2.45, 2.75) is 103 Å². The Kier molecular flexibility index (Phi) is 8.36. The zero-order valence-electron chi connectivity index (χ0n) is 27.2. The molecule has 0 amide bonds. The molecule has 2 saturated heterocycles. The first kappa shape index (κ1) is 31.2. The Bertz CT molecular complexity index is 1250. The first-order valence-electron chi connectivity index (χ1n) is 16.4. The highest BCUT2D eigenvalue weighted by atomic mass is 28.4. The van der Waals surface area contributed by atoms with Crippen LogP contribution in [0.2, 0.25) is 5.04 Å². The molecule has 4 aliphatic rings. The van der Waals surface area contributed by atoms with Gasteiger partial charge in [0.2, 0.25) is 0 Å². The molecule has 1 unspecified atom stereocenters. The van der Waals surface area contributed by atoms with E-state index in [4.69, 9.17) is 18.6 Å². The maximum atomic E-state index is 12.4. The lowest BCUT2D eigenvalue weighted by Crippen LogP contribution is -2.67. The smallest absolute Gasteiger partial charge is 0.261 e. The summed E-state index contributed by atoms with van der Waals surface area (Å²) in [5.41, 5.74) is 1.49. The number of rotatable bonds is 8. The molecule has 2 aromatic carbocycles. The normalized spacial score (nSPS) is 34.5. The number of aliphatic hydroxyl groups is 1. The zero-order chi connectivity index (χ0) is 30.6. The number of allylic oxidation sites excluding steroid dienone is 1. The van der Waals surface area contributed by atoms with Gasteiger partial charge in [-0.15, -0.1) is 0 Å². The molecule has 2 aromatic rings. The molecule has 1 N–H and O–H groups in total. The number of fused-ring (bicyclic) bond motifs is 2. The van der Waals surface area contributed by atoms with Crippen LogP contribution in [0, 0.1) is 28.6 Å². The number of benzene rings is 2. The van der Waals surface area contributed by atoms with Crippen molar-refractivity contribution in [3.05, 3.63) is 72.3 Å². The van der Waals surface area contributed by atoms with Crippen LogP contribution in [-0.2, 0) is 18.6 Å². The average molecular weight is 605 g/mol. The third kappa shape index (κ3) is 5.20. The molecule has 234 valence electrons. The first-order chi connectivity index (χ1) is 20.4. The van der Waals surface area contributed by atoms with Gasteiger partial charge in [-0.1, -0.05) is 115 Å². The van der Waals surface area contributed by atoms with E-state index in [2.05, 4.69) is 108 Å². The van der Waals surface area contributed by atoms with Crippen LogP contribution in [0.25, 0.3) is 0 Å². The number of hydrogen-bond acceptors (Lipinski definition) is 5. The van der Waals surface area contributed by atoms with Crippen LogP contribution < -0.4 is 10.4 Å². The highest BCUT2D eigenvalue weighted by Crippen LogP contribution is 2.61. The summed E-state index contributed by atoms with van der Waals surface area (Å²) < 4.78 is 25.9. The van der Waals surface area contributed by atoms with Crippen molar-refractivity contribution in [2.24, 2.45) is 28.6 Å². The molecule has 1 saturated carbocycles. The summed E-state index contributed by atoms with van der Waals surface area (Å²) >= 11 is 0. The molecular formula is C37H52O5Si. The topological polar surface area (TPSA) is 57.2 Å². The molecule has 43 heavy (non-hydrogen) atoms. The third-order valence-corrected chi connectivity index (χ3v) is 16.6. The Morgan fingerprint density at radius 1 is 0.953 bits per heavy atom. The minimum Gasteiger partial charge on any atom is -0.405 e. The number of aliphatic hydroxyl groups excluding tert-OH is 1. The Balaban J connectivity index is 1.35. The minimum atomic E-state index is -2.77. The van der Waals surface area contributed by atoms with Gasteiger partial charge in [0, 0.05) is 25.4 Å². The fourth-order valence-corrected chi connectivity index (χ4v) is 14.1. The molecule has 0 aromatic heterocycles. The van der Waals surface area contributed by atoms with E-state index in [1.54, 1.807) is 7.11 Å². The van der Waals surface area contributed by atoms with Gasteiger partial charge in [-0.3, -0.25) is 0 Å². The van der Waals surface area contributed by atoms with E-state index < -0.39 is 20.7 Å². The second-order valence-electron chi connectivity index (χ2n) is 15.4. The summed E-state index contributed by atoms with van der Waals surface area (Å²) in [4.78, 5) is 0. The van der Waals surface area contributed by atoms with E-state index in [0.717, 1.165) is 19.3 Å². The predicted molar refractivity (Wildman–Crippen MR) is 174 cm³/mol.